The maximum atomic E-state index is 12.2. The third-order valence-electron chi connectivity index (χ3n) is 1.83. The summed E-state index contributed by atoms with van der Waals surface area (Å²) in [6.45, 7) is 2.56. The van der Waals surface area contributed by atoms with Crippen molar-refractivity contribution in [1.29, 1.82) is 0 Å². The monoisotopic (exact) mass is 210 g/mol. The predicted molar refractivity (Wildman–Crippen MR) is 44.8 cm³/mol. The molecule has 0 amide bonds. The van der Waals surface area contributed by atoms with Gasteiger partial charge in [0, 0.05) is 6.42 Å². The fourth-order valence-corrected chi connectivity index (χ4v) is 1.14. The van der Waals surface area contributed by atoms with Crippen LogP contribution in [0, 0.1) is 5.92 Å². The molecule has 0 aliphatic rings. The Kier molecular flexibility index (Phi) is 4.80. The highest BCUT2D eigenvalue weighted by atomic mass is 19.4. The van der Waals surface area contributed by atoms with E-state index in [2.05, 4.69) is 0 Å². The van der Waals surface area contributed by atoms with Crippen LogP contribution < -0.4 is 0 Å². The highest BCUT2D eigenvalue weighted by Crippen LogP contribution is 2.28. The van der Waals surface area contributed by atoms with E-state index in [1.165, 1.54) is 0 Å². The summed E-state index contributed by atoms with van der Waals surface area (Å²) in [5, 5.41) is 0. The van der Waals surface area contributed by atoms with Crippen LogP contribution in [0.3, 0.4) is 0 Å². The highest BCUT2D eigenvalue weighted by molar-refractivity contribution is 6.02. The topological polar surface area (TPSA) is 34.1 Å². The van der Waals surface area contributed by atoms with Crippen molar-refractivity contribution in [3.8, 4) is 0 Å². The summed E-state index contributed by atoms with van der Waals surface area (Å²) in [5.41, 5.74) is 0. The van der Waals surface area contributed by atoms with Crippen molar-refractivity contribution < 1.29 is 22.8 Å². The average molecular weight is 210 g/mol. The molecule has 0 N–H and O–H groups in total. The van der Waals surface area contributed by atoms with Gasteiger partial charge in [-0.05, 0) is 13.3 Å². The van der Waals surface area contributed by atoms with Crippen LogP contribution in [-0.4, -0.2) is 17.7 Å². The Morgan fingerprint density at radius 1 is 1.29 bits per heavy atom. The van der Waals surface area contributed by atoms with E-state index in [4.69, 9.17) is 0 Å². The lowest BCUT2D eigenvalue weighted by atomic mass is 9.95. The third kappa shape index (κ3) is 3.89. The number of hydrogen-bond acceptors (Lipinski definition) is 2. The Morgan fingerprint density at radius 3 is 2.07 bits per heavy atom. The van der Waals surface area contributed by atoms with E-state index in [1.807, 2.05) is 0 Å². The SMILES string of the molecule is CCCCC(=O)C(C(C)=O)C(F)(F)F. The zero-order valence-corrected chi connectivity index (χ0v) is 8.15. The molecule has 0 aromatic carbocycles. The van der Waals surface area contributed by atoms with E-state index < -0.39 is 23.7 Å². The minimum Gasteiger partial charge on any atom is -0.299 e. The summed E-state index contributed by atoms with van der Waals surface area (Å²) in [6.07, 6.45) is -3.90. The number of Topliss-reactive ketones (excluding diaryl/α,β-unsaturated/α-hetero) is 2. The lowest BCUT2D eigenvalue weighted by Crippen LogP contribution is -2.36. The van der Waals surface area contributed by atoms with Crippen LogP contribution in [-0.2, 0) is 9.59 Å². The van der Waals surface area contributed by atoms with Crippen LogP contribution in [0.15, 0.2) is 0 Å². The van der Waals surface area contributed by atoms with Crippen molar-refractivity contribution in [2.45, 2.75) is 39.3 Å². The van der Waals surface area contributed by atoms with Gasteiger partial charge in [-0.15, -0.1) is 0 Å². The Labute approximate surface area is 80.5 Å². The zero-order chi connectivity index (χ0) is 11.4. The van der Waals surface area contributed by atoms with Crippen molar-refractivity contribution in [2.24, 2.45) is 5.92 Å². The van der Waals surface area contributed by atoms with Crippen LogP contribution in [0.4, 0.5) is 13.2 Å². The molecule has 0 spiro atoms. The van der Waals surface area contributed by atoms with Gasteiger partial charge in [0.15, 0.2) is 11.7 Å². The molecule has 0 aliphatic heterocycles. The number of unbranched alkanes of at least 4 members (excludes halogenated alkanes) is 1. The number of carbonyl (C=O) groups excluding carboxylic acids is 2. The van der Waals surface area contributed by atoms with Crippen LogP contribution in [0.25, 0.3) is 0 Å². The largest absolute Gasteiger partial charge is 0.405 e. The molecule has 0 saturated carbocycles. The summed E-state index contributed by atoms with van der Waals surface area (Å²) >= 11 is 0. The summed E-state index contributed by atoms with van der Waals surface area (Å²) in [7, 11) is 0. The fraction of sp³-hybridized carbons (Fsp3) is 0.778. The molecule has 0 fully saturated rings. The first-order valence-electron chi connectivity index (χ1n) is 4.40. The van der Waals surface area contributed by atoms with Gasteiger partial charge >= 0.3 is 6.18 Å². The summed E-state index contributed by atoms with van der Waals surface area (Å²) in [5.74, 6) is -4.57. The lowest BCUT2D eigenvalue weighted by molar-refractivity contribution is -0.184. The first kappa shape index (κ1) is 13.1. The second-order valence-corrected chi connectivity index (χ2v) is 3.16. The molecule has 14 heavy (non-hydrogen) atoms. The quantitative estimate of drug-likeness (QED) is 0.653. The maximum Gasteiger partial charge on any atom is 0.405 e. The molecule has 82 valence electrons. The Hall–Kier alpha value is -0.870. The average Bonchev–Trinajstić information content (AvgIpc) is 1.97. The Balaban J connectivity index is 4.51. The maximum absolute atomic E-state index is 12.2. The van der Waals surface area contributed by atoms with Gasteiger partial charge in [-0.1, -0.05) is 13.3 Å². The van der Waals surface area contributed by atoms with Gasteiger partial charge in [0.2, 0.25) is 0 Å². The van der Waals surface area contributed by atoms with Crippen molar-refractivity contribution in [3.63, 3.8) is 0 Å². The lowest BCUT2D eigenvalue weighted by Gasteiger charge is -2.15. The molecule has 1 atom stereocenters. The number of halogens is 3. The molecule has 0 aromatic rings. The van der Waals surface area contributed by atoms with Crippen LogP contribution in [0.5, 0.6) is 0 Å². The normalized spacial score (nSPS) is 13.8. The standard InChI is InChI=1S/C9H13F3O2/c1-3-4-5-7(14)8(6(2)13)9(10,11)12/h8H,3-5H2,1-2H3. The first-order chi connectivity index (χ1) is 6.30. The second kappa shape index (κ2) is 5.12. The minimum absolute atomic E-state index is 0.180. The Morgan fingerprint density at radius 2 is 1.79 bits per heavy atom. The van der Waals surface area contributed by atoms with E-state index in [0.29, 0.717) is 12.8 Å². The van der Waals surface area contributed by atoms with Gasteiger partial charge < -0.3 is 0 Å². The molecular formula is C9H13F3O2. The second-order valence-electron chi connectivity index (χ2n) is 3.16. The molecule has 0 saturated heterocycles. The van der Waals surface area contributed by atoms with Crippen LogP contribution in [0.1, 0.15) is 33.1 Å². The fourth-order valence-electron chi connectivity index (χ4n) is 1.14. The van der Waals surface area contributed by atoms with E-state index in [0.717, 1.165) is 6.92 Å². The van der Waals surface area contributed by atoms with Gasteiger partial charge in [-0.25, -0.2) is 0 Å². The van der Waals surface area contributed by atoms with Gasteiger partial charge in [0.1, 0.15) is 5.78 Å². The molecule has 0 bridgehead atoms. The predicted octanol–water partition coefficient (Wildman–Crippen LogP) is 2.51. The van der Waals surface area contributed by atoms with E-state index >= 15 is 0 Å². The molecule has 0 aliphatic carbocycles. The number of carbonyl (C=O) groups is 2. The number of hydrogen-bond donors (Lipinski definition) is 0. The molecular weight excluding hydrogens is 197 g/mol. The molecule has 0 radical (unpaired) electrons. The number of rotatable bonds is 5. The van der Waals surface area contributed by atoms with Crippen LogP contribution in [0.2, 0.25) is 0 Å². The molecule has 0 heterocycles. The van der Waals surface area contributed by atoms with Gasteiger partial charge in [0.05, 0.1) is 0 Å². The zero-order valence-electron chi connectivity index (χ0n) is 8.15. The minimum atomic E-state index is -4.74. The summed E-state index contributed by atoms with van der Waals surface area (Å²) < 4.78 is 36.6. The van der Waals surface area contributed by atoms with Crippen LogP contribution >= 0.6 is 0 Å². The summed E-state index contributed by atoms with van der Waals surface area (Å²) in [6, 6.07) is 0. The third-order valence-corrected chi connectivity index (χ3v) is 1.83. The number of alkyl halides is 3. The molecule has 0 rings (SSSR count). The van der Waals surface area contributed by atoms with Gasteiger partial charge in [-0.2, -0.15) is 13.2 Å². The van der Waals surface area contributed by atoms with Gasteiger partial charge in [-0.3, -0.25) is 9.59 Å². The van der Waals surface area contributed by atoms with Crippen molar-refractivity contribution in [3.05, 3.63) is 0 Å². The van der Waals surface area contributed by atoms with Gasteiger partial charge in [0.25, 0.3) is 0 Å². The van der Waals surface area contributed by atoms with Crippen molar-refractivity contribution in [1.82, 2.24) is 0 Å². The van der Waals surface area contributed by atoms with E-state index in [9.17, 15) is 22.8 Å². The molecule has 0 aromatic heterocycles. The smallest absolute Gasteiger partial charge is 0.299 e. The van der Waals surface area contributed by atoms with Crippen molar-refractivity contribution in [2.75, 3.05) is 0 Å². The molecule has 1 unspecified atom stereocenters. The molecule has 5 heteroatoms. The number of ketones is 2. The van der Waals surface area contributed by atoms with Crippen molar-refractivity contribution >= 4 is 11.6 Å². The summed E-state index contributed by atoms with van der Waals surface area (Å²) in [4.78, 5) is 21.7. The van der Waals surface area contributed by atoms with E-state index in [-0.39, 0.29) is 6.42 Å². The Bertz CT molecular complexity index is 221. The first-order valence-corrected chi connectivity index (χ1v) is 4.40. The van der Waals surface area contributed by atoms with E-state index in [1.54, 1.807) is 6.92 Å². The molecule has 2 nitrogen and oxygen atoms in total. The highest BCUT2D eigenvalue weighted by Gasteiger charge is 2.47.